The summed E-state index contributed by atoms with van der Waals surface area (Å²) in [6.07, 6.45) is -0.823. The highest BCUT2D eigenvalue weighted by Crippen LogP contribution is 2.22. The van der Waals surface area contributed by atoms with Gasteiger partial charge < -0.3 is 10.8 Å². The zero-order chi connectivity index (χ0) is 9.94. The number of hydrogen-bond acceptors (Lipinski definition) is 3. The summed E-state index contributed by atoms with van der Waals surface area (Å²) in [5.41, 5.74) is 4.39. The van der Waals surface area contributed by atoms with Crippen molar-refractivity contribution in [3.05, 3.63) is 0 Å². The standard InChI is InChI=1S/C8H16N2O2/c1-4-8(2,3)6(12)5(11)7(9)10/h5,11H,4H2,1-3H3,(H3,9,10). The maximum absolute atomic E-state index is 11.4. The molecule has 0 aromatic carbocycles. The van der Waals surface area contributed by atoms with Crippen LogP contribution in [0.15, 0.2) is 0 Å². The molecule has 4 heteroatoms. The number of rotatable bonds is 4. The third-order valence-electron chi connectivity index (χ3n) is 2.09. The molecule has 0 rings (SSSR count). The number of carbonyl (C=O) groups is 1. The van der Waals surface area contributed by atoms with Crippen LogP contribution in [-0.4, -0.2) is 22.8 Å². The van der Waals surface area contributed by atoms with E-state index in [0.29, 0.717) is 6.42 Å². The van der Waals surface area contributed by atoms with Gasteiger partial charge in [0.2, 0.25) is 0 Å². The van der Waals surface area contributed by atoms with Gasteiger partial charge in [-0.05, 0) is 6.42 Å². The molecule has 4 N–H and O–H groups in total. The smallest absolute Gasteiger partial charge is 0.174 e. The SMILES string of the molecule is CCC(C)(C)C(=O)C(O)C(=N)N. The van der Waals surface area contributed by atoms with Crippen molar-refractivity contribution in [3.63, 3.8) is 0 Å². The lowest BCUT2D eigenvalue weighted by atomic mass is 9.82. The molecule has 0 fully saturated rings. The second-order valence-electron chi connectivity index (χ2n) is 3.46. The molecule has 0 bridgehead atoms. The first kappa shape index (κ1) is 11.1. The molecule has 1 unspecified atom stereocenters. The van der Waals surface area contributed by atoms with Gasteiger partial charge >= 0.3 is 0 Å². The summed E-state index contributed by atoms with van der Waals surface area (Å²) in [4.78, 5) is 11.4. The molecule has 0 heterocycles. The highest BCUT2D eigenvalue weighted by molar-refractivity contribution is 6.06. The first-order valence-electron chi connectivity index (χ1n) is 3.89. The number of hydrogen-bond donors (Lipinski definition) is 3. The Labute approximate surface area is 72.3 Å². The summed E-state index contributed by atoms with van der Waals surface area (Å²) < 4.78 is 0. The molecule has 0 aliphatic rings. The van der Waals surface area contributed by atoms with Crippen LogP contribution in [0, 0.1) is 10.8 Å². The van der Waals surface area contributed by atoms with Gasteiger partial charge in [0, 0.05) is 5.41 Å². The average Bonchev–Trinajstić information content (AvgIpc) is 2.01. The normalized spacial score (nSPS) is 14.0. The van der Waals surface area contributed by atoms with Crippen LogP contribution in [0.1, 0.15) is 27.2 Å². The second-order valence-corrected chi connectivity index (χ2v) is 3.46. The minimum absolute atomic E-state index is 0.391. The third kappa shape index (κ3) is 2.30. The molecule has 0 aliphatic heterocycles. The van der Waals surface area contributed by atoms with E-state index in [4.69, 9.17) is 16.2 Å². The van der Waals surface area contributed by atoms with Crippen LogP contribution in [0.5, 0.6) is 0 Å². The monoisotopic (exact) mass is 172 g/mol. The van der Waals surface area contributed by atoms with Gasteiger partial charge in [-0.15, -0.1) is 0 Å². The van der Waals surface area contributed by atoms with Crippen LogP contribution in [0.3, 0.4) is 0 Å². The number of aliphatic hydroxyl groups excluding tert-OH is 1. The van der Waals surface area contributed by atoms with Crippen LogP contribution >= 0.6 is 0 Å². The number of carbonyl (C=O) groups excluding carboxylic acids is 1. The number of nitrogens with one attached hydrogen (secondary N) is 1. The third-order valence-corrected chi connectivity index (χ3v) is 2.09. The minimum atomic E-state index is -1.44. The van der Waals surface area contributed by atoms with Gasteiger partial charge in [-0.2, -0.15) is 0 Å². The Morgan fingerprint density at radius 3 is 2.33 bits per heavy atom. The van der Waals surface area contributed by atoms with E-state index in [1.54, 1.807) is 13.8 Å². The lowest BCUT2D eigenvalue weighted by Gasteiger charge is -2.23. The van der Waals surface area contributed by atoms with Gasteiger partial charge in [-0.25, -0.2) is 0 Å². The van der Waals surface area contributed by atoms with Gasteiger partial charge in [0.25, 0.3) is 0 Å². The molecule has 1 atom stereocenters. The number of Topliss-reactive ketones (excluding diaryl/α,β-unsaturated/α-hetero) is 1. The van der Waals surface area contributed by atoms with Crippen molar-refractivity contribution in [3.8, 4) is 0 Å². The molecular formula is C8H16N2O2. The van der Waals surface area contributed by atoms with E-state index in [1.807, 2.05) is 6.92 Å². The average molecular weight is 172 g/mol. The number of aliphatic hydroxyl groups is 1. The fraction of sp³-hybridized carbons (Fsp3) is 0.750. The Kier molecular flexibility index (Phi) is 3.39. The number of ketones is 1. The first-order valence-corrected chi connectivity index (χ1v) is 3.89. The van der Waals surface area contributed by atoms with E-state index in [9.17, 15) is 4.79 Å². The lowest BCUT2D eigenvalue weighted by molar-refractivity contribution is -0.132. The van der Waals surface area contributed by atoms with Crippen LogP contribution in [0.25, 0.3) is 0 Å². The molecule has 0 aromatic rings. The Balaban J connectivity index is 4.49. The van der Waals surface area contributed by atoms with Gasteiger partial charge in [-0.1, -0.05) is 20.8 Å². The second kappa shape index (κ2) is 3.67. The molecule has 0 aliphatic carbocycles. The zero-order valence-electron chi connectivity index (χ0n) is 7.72. The summed E-state index contributed by atoms with van der Waals surface area (Å²) >= 11 is 0. The van der Waals surface area contributed by atoms with Crippen molar-refractivity contribution in [1.82, 2.24) is 0 Å². The molecule has 0 radical (unpaired) electrons. The molecule has 0 spiro atoms. The summed E-state index contributed by atoms with van der Waals surface area (Å²) in [5.74, 6) is -0.876. The maximum atomic E-state index is 11.4. The van der Waals surface area contributed by atoms with Crippen LogP contribution < -0.4 is 5.73 Å². The summed E-state index contributed by atoms with van der Waals surface area (Å²) in [7, 11) is 0. The molecule has 0 saturated carbocycles. The van der Waals surface area contributed by atoms with E-state index in [1.165, 1.54) is 0 Å². The molecule has 4 nitrogen and oxygen atoms in total. The minimum Gasteiger partial charge on any atom is -0.385 e. The van der Waals surface area contributed by atoms with Crippen molar-refractivity contribution in [2.75, 3.05) is 0 Å². The van der Waals surface area contributed by atoms with Gasteiger partial charge in [0.15, 0.2) is 11.9 Å². The van der Waals surface area contributed by atoms with Gasteiger partial charge in [0.05, 0.1) is 0 Å². The van der Waals surface area contributed by atoms with Crippen molar-refractivity contribution >= 4 is 11.6 Å². The number of amidine groups is 1. The molecule has 0 aromatic heterocycles. The van der Waals surface area contributed by atoms with E-state index in [2.05, 4.69) is 0 Å². The van der Waals surface area contributed by atoms with E-state index >= 15 is 0 Å². The molecule has 12 heavy (non-hydrogen) atoms. The van der Waals surface area contributed by atoms with E-state index < -0.39 is 23.1 Å². The predicted molar refractivity (Wildman–Crippen MR) is 47.0 cm³/mol. The Hall–Kier alpha value is -0.900. The van der Waals surface area contributed by atoms with Crippen LogP contribution in [0.2, 0.25) is 0 Å². The molecule has 0 saturated heterocycles. The fourth-order valence-electron chi connectivity index (χ4n) is 0.686. The first-order chi connectivity index (χ1) is 5.33. The Morgan fingerprint density at radius 1 is 1.67 bits per heavy atom. The molecule has 0 amide bonds. The van der Waals surface area contributed by atoms with Gasteiger partial charge in [0.1, 0.15) is 5.84 Å². The Bertz CT molecular complexity index is 199. The molecular weight excluding hydrogens is 156 g/mol. The summed E-state index contributed by atoms with van der Waals surface area (Å²) in [6.45, 7) is 5.30. The van der Waals surface area contributed by atoms with E-state index in [0.717, 1.165) is 0 Å². The van der Waals surface area contributed by atoms with Crippen LogP contribution in [-0.2, 0) is 4.79 Å². The molecule has 70 valence electrons. The Morgan fingerprint density at radius 2 is 2.08 bits per heavy atom. The largest absolute Gasteiger partial charge is 0.385 e. The van der Waals surface area contributed by atoms with Crippen molar-refractivity contribution < 1.29 is 9.90 Å². The highest BCUT2D eigenvalue weighted by atomic mass is 16.3. The van der Waals surface area contributed by atoms with Crippen molar-refractivity contribution in [1.29, 1.82) is 5.41 Å². The number of nitrogens with two attached hydrogens (primary N) is 1. The van der Waals surface area contributed by atoms with E-state index in [-0.39, 0.29) is 0 Å². The lowest BCUT2D eigenvalue weighted by Crippen LogP contribution is -2.42. The highest BCUT2D eigenvalue weighted by Gasteiger charge is 2.32. The zero-order valence-corrected chi connectivity index (χ0v) is 7.72. The fourth-order valence-corrected chi connectivity index (χ4v) is 0.686. The topological polar surface area (TPSA) is 87.2 Å². The quantitative estimate of drug-likeness (QED) is 0.420. The summed E-state index contributed by atoms with van der Waals surface area (Å²) in [6, 6.07) is 0. The van der Waals surface area contributed by atoms with Crippen molar-refractivity contribution in [2.24, 2.45) is 11.1 Å². The van der Waals surface area contributed by atoms with Crippen molar-refractivity contribution in [2.45, 2.75) is 33.3 Å². The van der Waals surface area contributed by atoms with Crippen LogP contribution in [0.4, 0.5) is 0 Å². The van der Waals surface area contributed by atoms with Gasteiger partial charge in [-0.3, -0.25) is 10.2 Å². The predicted octanol–water partition coefficient (Wildman–Crippen LogP) is 0.289. The maximum Gasteiger partial charge on any atom is 0.174 e. The summed E-state index contributed by atoms with van der Waals surface area (Å²) in [5, 5.41) is 16.1.